The molecule has 0 saturated heterocycles. The highest BCUT2D eigenvalue weighted by molar-refractivity contribution is 5.44. The standard InChI is InChI=1S/C13H14N2.2C2H6/c1-14-13-4-2-11(3-5-13)10-12-6-8-15-9-7-12;2*1-2/h2-9,14H,10H2,1H3;2*1-2H3. The van der Waals surface area contributed by atoms with Crippen molar-refractivity contribution < 1.29 is 0 Å². The SMILES string of the molecule is CC.CC.CNc1ccc(Cc2ccncc2)cc1. The molecule has 2 heteroatoms. The van der Waals surface area contributed by atoms with E-state index in [1.54, 1.807) is 0 Å². The molecule has 0 spiro atoms. The zero-order valence-electron chi connectivity index (χ0n) is 12.8. The smallest absolute Gasteiger partial charge is 0.0337 e. The van der Waals surface area contributed by atoms with Crippen molar-refractivity contribution in [3.63, 3.8) is 0 Å². The Kier molecular flexibility index (Phi) is 10.2. The van der Waals surface area contributed by atoms with Crippen molar-refractivity contribution in [1.82, 2.24) is 4.98 Å². The summed E-state index contributed by atoms with van der Waals surface area (Å²) in [5.41, 5.74) is 3.76. The van der Waals surface area contributed by atoms with Crippen LogP contribution < -0.4 is 5.32 Å². The van der Waals surface area contributed by atoms with Crippen molar-refractivity contribution in [2.24, 2.45) is 0 Å². The van der Waals surface area contributed by atoms with Crippen LogP contribution in [0.2, 0.25) is 0 Å². The zero-order chi connectivity index (χ0) is 14.5. The van der Waals surface area contributed by atoms with Gasteiger partial charge in [-0.3, -0.25) is 4.98 Å². The first-order valence-electron chi connectivity index (χ1n) is 7.04. The van der Waals surface area contributed by atoms with Crippen LogP contribution in [0.3, 0.4) is 0 Å². The molecule has 2 nitrogen and oxygen atoms in total. The van der Waals surface area contributed by atoms with Crippen LogP contribution in [0.15, 0.2) is 48.8 Å². The summed E-state index contributed by atoms with van der Waals surface area (Å²) in [6.45, 7) is 8.00. The number of benzene rings is 1. The number of hydrogen-bond donors (Lipinski definition) is 1. The number of aromatic nitrogens is 1. The van der Waals surface area contributed by atoms with Crippen LogP contribution in [0, 0.1) is 0 Å². The molecular formula is C17H26N2. The summed E-state index contributed by atoms with van der Waals surface area (Å²) < 4.78 is 0. The topological polar surface area (TPSA) is 24.9 Å². The summed E-state index contributed by atoms with van der Waals surface area (Å²) in [4.78, 5) is 4.00. The van der Waals surface area contributed by atoms with Gasteiger partial charge >= 0.3 is 0 Å². The quantitative estimate of drug-likeness (QED) is 0.858. The lowest BCUT2D eigenvalue weighted by atomic mass is 10.1. The molecule has 0 bridgehead atoms. The second-order valence-corrected chi connectivity index (χ2v) is 3.48. The molecule has 0 aliphatic carbocycles. The van der Waals surface area contributed by atoms with Gasteiger partial charge in [-0.1, -0.05) is 39.8 Å². The van der Waals surface area contributed by atoms with Crippen molar-refractivity contribution in [1.29, 1.82) is 0 Å². The maximum absolute atomic E-state index is 4.00. The van der Waals surface area contributed by atoms with E-state index in [1.165, 1.54) is 11.1 Å². The Morgan fingerprint density at radius 3 is 1.74 bits per heavy atom. The van der Waals surface area contributed by atoms with Gasteiger partial charge in [-0.2, -0.15) is 0 Å². The normalized spacial score (nSPS) is 8.47. The van der Waals surface area contributed by atoms with Crippen LogP contribution in [-0.4, -0.2) is 12.0 Å². The van der Waals surface area contributed by atoms with Crippen LogP contribution in [-0.2, 0) is 6.42 Å². The first-order valence-corrected chi connectivity index (χ1v) is 7.04. The molecule has 0 amide bonds. The number of hydrogen-bond acceptors (Lipinski definition) is 2. The minimum atomic E-state index is 0.965. The fourth-order valence-corrected chi connectivity index (χ4v) is 1.53. The van der Waals surface area contributed by atoms with E-state index in [-0.39, 0.29) is 0 Å². The Hall–Kier alpha value is -1.83. The van der Waals surface area contributed by atoms with Gasteiger partial charge in [-0.25, -0.2) is 0 Å². The Morgan fingerprint density at radius 2 is 1.26 bits per heavy atom. The van der Waals surface area contributed by atoms with E-state index in [0.717, 1.165) is 12.1 Å². The average Bonchev–Trinajstić information content (AvgIpc) is 2.53. The third-order valence-corrected chi connectivity index (χ3v) is 2.40. The maximum atomic E-state index is 4.00. The van der Waals surface area contributed by atoms with Crippen LogP contribution in [0.25, 0.3) is 0 Å². The summed E-state index contributed by atoms with van der Waals surface area (Å²) >= 11 is 0. The molecule has 2 aromatic rings. The van der Waals surface area contributed by atoms with Crippen LogP contribution in [0.5, 0.6) is 0 Å². The summed E-state index contributed by atoms with van der Waals surface area (Å²) in [5, 5.41) is 3.11. The summed E-state index contributed by atoms with van der Waals surface area (Å²) in [6, 6.07) is 12.6. The van der Waals surface area contributed by atoms with Gasteiger partial charge in [0.05, 0.1) is 0 Å². The molecule has 0 atom stereocenters. The average molecular weight is 258 g/mol. The molecule has 0 saturated carbocycles. The Bertz CT molecular complexity index is 407. The summed E-state index contributed by atoms with van der Waals surface area (Å²) in [6.07, 6.45) is 4.63. The first-order chi connectivity index (χ1) is 9.38. The predicted octanol–water partition coefficient (Wildman–Crippen LogP) is 4.77. The van der Waals surface area contributed by atoms with Gasteiger partial charge in [0.2, 0.25) is 0 Å². The highest BCUT2D eigenvalue weighted by Gasteiger charge is 1.95. The minimum absolute atomic E-state index is 0.965. The number of rotatable bonds is 3. The third-order valence-electron chi connectivity index (χ3n) is 2.40. The highest BCUT2D eigenvalue weighted by atomic mass is 14.8. The van der Waals surface area contributed by atoms with Gasteiger partial charge in [0.15, 0.2) is 0 Å². The zero-order valence-corrected chi connectivity index (χ0v) is 12.8. The molecule has 0 unspecified atom stereocenters. The van der Waals surface area contributed by atoms with Crippen molar-refractivity contribution >= 4 is 5.69 Å². The Balaban J connectivity index is 0.000000741. The van der Waals surface area contributed by atoms with Crippen LogP contribution >= 0.6 is 0 Å². The van der Waals surface area contributed by atoms with Gasteiger partial charge in [-0.15, -0.1) is 0 Å². The van der Waals surface area contributed by atoms with Crippen molar-refractivity contribution in [2.45, 2.75) is 34.1 Å². The largest absolute Gasteiger partial charge is 0.388 e. The molecule has 1 aromatic heterocycles. The van der Waals surface area contributed by atoms with E-state index >= 15 is 0 Å². The van der Waals surface area contributed by atoms with E-state index in [1.807, 2.05) is 59.3 Å². The van der Waals surface area contributed by atoms with Crippen molar-refractivity contribution in [2.75, 3.05) is 12.4 Å². The third kappa shape index (κ3) is 6.61. The number of pyridine rings is 1. The van der Waals surface area contributed by atoms with Gasteiger partial charge in [0.1, 0.15) is 0 Å². The molecule has 104 valence electrons. The number of anilines is 1. The van der Waals surface area contributed by atoms with Crippen LogP contribution in [0.4, 0.5) is 5.69 Å². The second kappa shape index (κ2) is 11.3. The molecule has 1 heterocycles. The van der Waals surface area contributed by atoms with Crippen molar-refractivity contribution in [3.8, 4) is 0 Å². The predicted molar refractivity (Wildman–Crippen MR) is 85.7 cm³/mol. The molecular weight excluding hydrogens is 232 g/mol. The maximum Gasteiger partial charge on any atom is 0.0337 e. The number of nitrogens with one attached hydrogen (secondary N) is 1. The second-order valence-electron chi connectivity index (χ2n) is 3.48. The van der Waals surface area contributed by atoms with Gasteiger partial charge in [0, 0.05) is 25.1 Å². The first kappa shape index (κ1) is 17.2. The molecule has 0 radical (unpaired) electrons. The molecule has 0 aliphatic rings. The highest BCUT2D eigenvalue weighted by Crippen LogP contribution is 2.12. The Labute approximate surface area is 117 Å². The van der Waals surface area contributed by atoms with Gasteiger partial charge in [0.25, 0.3) is 0 Å². The van der Waals surface area contributed by atoms with Gasteiger partial charge in [-0.05, 0) is 41.8 Å². The molecule has 0 aliphatic heterocycles. The van der Waals surface area contributed by atoms with Gasteiger partial charge < -0.3 is 5.32 Å². The monoisotopic (exact) mass is 258 g/mol. The van der Waals surface area contributed by atoms with E-state index in [0.29, 0.717) is 0 Å². The van der Waals surface area contributed by atoms with E-state index in [9.17, 15) is 0 Å². The summed E-state index contributed by atoms with van der Waals surface area (Å²) in [5.74, 6) is 0. The Morgan fingerprint density at radius 1 is 0.789 bits per heavy atom. The number of nitrogens with zero attached hydrogens (tertiary/aromatic N) is 1. The molecule has 1 N–H and O–H groups in total. The molecule has 0 fully saturated rings. The van der Waals surface area contributed by atoms with E-state index in [4.69, 9.17) is 0 Å². The summed E-state index contributed by atoms with van der Waals surface area (Å²) in [7, 11) is 1.93. The lowest BCUT2D eigenvalue weighted by molar-refractivity contribution is 1.16. The van der Waals surface area contributed by atoms with Crippen molar-refractivity contribution in [3.05, 3.63) is 59.9 Å². The van der Waals surface area contributed by atoms with E-state index in [2.05, 4.69) is 34.6 Å². The lowest BCUT2D eigenvalue weighted by Gasteiger charge is -2.03. The molecule has 2 rings (SSSR count). The fourth-order valence-electron chi connectivity index (χ4n) is 1.53. The lowest BCUT2D eigenvalue weighted by Crippen LogP contribution is -1.90. The molecule has 1 aromatic carbocycles. The minimum Gasteiger partial charge on any atom is -0.388 e. The van der Waals surface area contributed by atoms with Crippen LogP contribution in [0.1, 0.15) is 38.8 Å². The molecule has 19 heavy (non-hydrogen) atoms. The van der Waals surface area contributed by atoms with E-state index < -0.39 is 0 Å². The fraction of sp³-hybridized carbons (Fsp3) is 0.353.